The van der Waals surface area contributed by atoms with Crippen molar-refractivity contribution < 1.29 is 8.42 Å². The molecule has 18 heavy (non-hydrogen) atoms. The summed E-state index contributed by atoms with van der Waals surface area (Å²) in [6.07, 6.45) is 3.01. The Hall–Kier alpha value is -2.08. The summed E-state index contributed by atoms with van der Waals surface area (Å²) in [5, 5.41) is 6.70. The van der Waals surface area contributed by atoms with Crippen molar-refractivity contribution in [3.63, 3.8) is 0 Å². The molecule has 1 aromatic carbocycles. The SMILES string of the molecule is C=CCS(=O)(=O)Nc1ccc(-c2ccn[nH]2)cc1. The molecule has 0 aliphatic rings. The summed E-state index contributed by atoms with van der Waals surface area (Å²) in [6.45, 7) is 3.41. The highest BCUT2D eigenvalue weighted by Crippen LogP contribution is 2.19. The Morgan fingerprint density at radius 3 is 2.56 bits per heavy atom. The molecule has 0 unspecified atom stereocenters. The van der Waals surface area contributed by atoms with E-state index in [0.717, 1.165) is 11.3 Å². The molecule has 0 aliphatic heterocycles. The lowest BCUT2D eigenvalue weighted by molar-refractivity contribution is 0.604. The number of aromatic amines is 1. The maximum atomic E-state index is 11.5. The van der Waals surface area contributed by atoms with E-state index in [0.29, 0.717) is 5.69 Å². The van der Waals surface area contributed by atoms with Crippen LogP contribution in [0.3, 0.4) is 0 Å². The smallest absolute Gasteiger partial charge is 0.236 e. The molecule has 0 atom stereocenters. The standard InChI is InChI=1S/C12H13N3O2S/c1-2-9-18(16,17)15-11-5-3-10(4-6-11)12-7-8-13-14-12/h2-8,15H,1,9H2,(H,13,14). The van der Waals surface area contributed by atoms with Gasteiger partial charge in [0.1, 0.15) is 0 Å². The van der Waals surface area contributed by atoms with Crippen LogP contribution in [0.25, 0.3) is 11.3 Å². The summed E-state index contributed by atoms with van der Waals surface area (Å²) in [5.74, 6) is -0.102. The minimum absolute atomic E-state index is 0.102. The molecule has 0 radical (unpaired) electrons. The molecule has 0 bridgehead atoms. The van der Waals surface area contributed by atoms with Gasteiger partial charge < -0.3 is 0 Å². The number of rotatable bonds is 5. The van der Waals surface area contributed by atoms with Crippen molar-refractivity contribution in [1.82, 2.24) is 10.2 Å². The van der Waals surface area contributed by atoms with Gasteiger partial charge in [-0.3, -0.25) is 9.82 Å². The van der Waals surface area contributed by atoms with Gasteiger partial charge in [-0.15, -0.1) is 6.58 Å². The number of anilines is 1. The van der Waals surface area contributed by atoms with Crippen LogP contribution in [0.15, 0.2) is 49.2 Å². The normalized spacial score (nSPS) is 11.1. The first kappa shape index (κ1) is 12.4. The van der Waals surface area contributed by atoms with Crippen molar-refractivity contribution in [3.8, 4) is 11.3 Å². The van der Waals surface area contributed by atoms with Gasteiger partial charge in [-0.1, -0.05) is 18.2 Å². The maximum absolute atomic E-state index is 11.5. The van der Waals surface area contributed by atoms with Gasteiger partial charge in [0, 0.05) is 11.9 Å². The van der Waals surface area contributed by atoms with Crippen molar-refractivity contribution in [2.45, 2.75) is 0 Å². The van der Waals surface area contributed by atoms with Gasteiger partial charge in [0.15, 0.2) is 0 Å². The molecule has 1 aromatic heterocycles. The molecule has 2 N–H and O–H groups in total. The van der Waals surface area contributed by atoms with E-state index in [1.165, 1.54) is 6.08 Å². The number of benzene rings is 1. The molecular formula is C12H13N3O2S. The number of aromatic nitrogens is 2. The van der Waals surface area contributed by atoms with Crippen LogP contribution in [0.5, 0.6) is 0 Å². The Bertz CT molecular complexity index is 616. The summed E-state index contributed by atoms with van der Waals surface area (Å²) in [7, 11) is -3.34. The number of H-pyrrole nitrogens is 1. The Morgan fingerprint density at radius 1 is 1.28 bits per heavy atom. The monoisotopic (exact) mass is 263 g/mol. The summed E-state index contributed by atoms with van der Waals surface area (Å²) in [5.41, 5.74) is 2.36. The number of hydrogen-bond donors (Lipinski definition) is 2. The maximum Gasteiger partial charge on any atom is 0.236 e. The zero-order valence-electron chi connectivity index (χ0n) is 9.63. The molecular weight excluding hydrogens is 250 g/mol. The molecule has 0 saturated carbocycles. The molecule has 5 nitrogen and oxygen atoms in total. The van der Waals surface area contributed by atoms with Crippen molar-refractivity contribution in [2.24, 2.45) is 0 Å². The Balaban J connectivity index is 2.16. The van der Waals surface area contributed by atoms with Gasteiger partial charge in [0.05, 0.1) is 11.4 Å². The second kappa shape index (κ2) is 5.05. The highest BCUT2D eigenvalue weighted by Gasteiger charge is 2.07. The van der Waals surface area contributed by atoms with Crippen LogP contribution in [0, 0.1) is 0 Å². The van der Waals surface area contributed by atoms with Gasteiger partial charge in [0.25, 0.3) is 0 Å². The minimum atomic E-state index is -3.34. The second-order valence-corrected chi connectivity index (χ2v) is 5.49. The fraction of sp³-hybridized carbons (Fsp3) is 0.0833. The first-order valence-electron chi connectivity index (χ1n) is 5.32. The van der Waals surface area contributed by atoms with E-state index in [1.54, 1.807) is 18.3 Å². The molecule has 0 aliphatic carbocycles. The Morgan fingerprint density at radius 2 is 2.00 bits per heavy atom. The highest BCUT2D eigenvalue weighted by atomic mass is 32.2. The molecule has 94 valence electrons. The highest BCUT2D eigenvalue weighted by molar-refractivity contribution is 7.92. The van der Waals surface area contributed by atoms with Gasteiger partial charge in [-0.2, -0.15) is 5.10 Å². The largest absolute Gasteiger partial charge is 0.283 e. The van der Waals surface area contributed by atoms with Crippen LogP contribution in [0.2, 0.25) is 0 Å². The summed E-state index contributed by atoms with van der Waals surface area (Å²) < 4.78 is 25.5. The molecule has 2 rings (SSSR count). The van der Waals surface area contributed by atoms with Crippen LogP contribution >= 0.6 is 0 Å². The average Bonchev–Trinajstić information content (AvgIpc) is 2.82. The van der Waals surface area contributed by atoms with Crippen LogP contribution in [0.1, 0.15) is 0 Å². The van der Waals surface area contributed by atoms with Crippen molar-refractivity contribution in [2.75, 3.05) is 10.5 Å². The molecule has 0 fully saturated rings. The predicted molar refractivity (Wildman–Crippen MR) is 71.6 cm³/mol. The first-order valence-corrected chi connectivity index (χ1v) is 6.97. The first-order chi connectivity index (χ1) is 8.61. The van der Waals surface area contributed by atoms with E-state index >= 15 is 0 Å². The van der Waals surface area contributed by atoms with Gasteiger partial charge in [-0.05, 0) is 23.8 Å². The second-order valence-electron chi connectivity index (χ2n) is 3.72. The van der Waals surface area contributed by atoms with E-state index in [1.807, 2.05) is 18.2 Å². The molecule has 0 spiro atoms. The number of sulfonamides is 1. The van der Waals surface area contributed by atoms with Crippen molar-refractivity contribution in [3.05, 3.63) is 49.2 Å². The summed E-state index contributed by atoms with van der Waals surface area (Å²) in [4.78, 5) is 0. The quantitative estimate of drug-likeness (QED) is 0.810. The third-order valence-corrected chi connectivity index (χ3v) is 3.53. The van der Waals surface area contributed by atoms with Crippen molar-refractivity contribution in [1.29, 1.82) is 0 Å². The predicted octanol–water partition coefficient (Wildman–Crippen LogP) is 2.00. The minimum Gasteiger partial charge on any atom is -0.283 e. The van der Waals surface area contributed by atoms with Crippen LogP contribution in [-0.4, -0.2) is 24.4 Å². The third kappa shape index (κ3) is 2.98. The molecule has 0 saturated heterocycles. The summed E-state index contributed by atoms with van der Waals surface area (Å²) >= 11 is 0. The van der Waals surface area contributed by atoms with E-state index in [9.17, 15) is 8.42 Å². The topological polar surface area (TPSA) is 74.8 Å². The van der Waals surface area contributed by atoms with E-state index in [-0.39, 0.29) is 5.75 Å². The number of nitrogens with zero attached hydrogens (tertiary/aromatic N) is 1. The van der Waals surface area contributed by atoms with Crippen LogP contribution in [-0.2, 0) is 10.0 Å². The lowest BCUT2D eigenvalue weighted by Crippen LogP contribution is -2.14. The fourth-order valence-corrected chi connectivity index (χ4v) is 2.40. The Labute approximate surface area is 106 Å². The van der Waals surface area contributed by atoms with Gasteiger partial charge in [-0.25, -0.2) is 8.42 Å². The number of nitrogens with one attached hydrogen (secondary N) is 2. The zero-order valence-corrected chi connectivity index (χ0v) is 10.4. The molecule has 0 amide bonds. The zero-order chi connectivity index (χ0) is 13.0. The van der Waals surface area contributed by atoms with Crippen molar-refractivity contribution >= 4 is 15.7 Å². The third-order valence-electron chi connectivity index (χ3n) is 2.31. The molecule has 1 heterocycles. The van der Waals surface area contributed by atoms with Gasteiger partial charge in [0.2, 0.25) is 10.0 Å². The van der Waals surface area contributed by atoms with E-state index in [2.05, 4.69) is 21.5 Å². The van der Waals surface area contributed by atoms with Crippen LogP contribution < -0.4 is 4.72 Å². The molecule has 2 aromatic rings. The lowest BCUT2D eigenvalue weighted by atomic mass is 10.1. The number of hydrogen-bond acceptors (Lipinski definition) is 3. The van der Waals surface area contributed by atoms with E-state index < -0.39 is 10.0 Å². The van der Waals surface area contributed by atoms with E-state index in [4.69, 9.17) is 0 Å². The fourth-order valence-electron chi connectivity index (χ4n) is 1.51. The summed E-state index contributed by atoms with van der Waals surface area (Å²) in [6, 6.07) is 8.89. The Kier molecular flexibility index (Phi) is 3.47. The molecule has 6 heteroatoms. The van der Waals surface area contributed by atoms with Crippen LogP contribution in [0.4, 0.5) is 5.69 Å². The average molecular weight is 263 g/mol. The van der Waals surface area contributed by atoms with Gasteiger partial charge >= 0.3 is 0 Å². The lowest BCUT2D eigenvalue weighted by Gasteiger charge is -2.06.